The highest BCUT2D eigenvalue weighted by molar-refractivity contribution is 7.17. The Morgan fingerprint density at radius 2 is 1.69 bits per heavy atom. The maximum Gasteiger partial charge on any atom is 0.240 e. The lowest BCUT2D eigenvalue weighted by atomic mass is 10.0. The fraction of sp³-hybridized carbons (Fsp3) is 0.200. The van der Waals surface area contributed by atoms with Crippen molar-refractivity contribution in [2.45, 2.75) is 24.9 Å². The molecule has 2 aromatic carbocycles. The molecule has 0 fully saturated rings. The molecule has 0 radical (unpaired) electrons. The van der Waals surface area contributed by atoms with E-state index in [1.165, 1.54) is 0 Å². The number of carbonyl (C=O) groups is 2. The van der Waals surface area contributed by atoms with Crippen LogP contribution in [0, 0.1) is 0 Å². The Bertz CT molecular complexity index is 908. The van der Waals surface area contributed by atoms with Crippen molar-refractivity contribution in [3.05, 3.63) is 71.1 Å². The third kappa shape index (κ3) is 4.28. The summed E-state index contributed by atoms with van der Waals surface area (Å²) in [6.45, 7) is 0. The standard InChI is InChI=1S/C20H21N3O2S/c21-16(11-14-12-26-18-9-5-4-8-15(14)18)20(25)23-17(19(22)24)10-13-6-2-1-3-7-13/h1-9,12,16-17H,10-11,21H2,(H2,22,24)(H,23,25)/t16?,17-/m0/s1. The Labute approximate surface area is 156 Å². The van der Waals surface area contributed by atoms with Gasteiger partial charge in [0.05, 0.1) is 6.04 Å². The molecule has 3 rings (SSSR count). The van der Waals surface area contributed by atoms with Gasteiger partial charge in [0.1, 0.15) is 6.04 Å². The molecule has 1 aromatic heterocycles. The van der Waals surface area contributed by atoms with E-state index in [0.717, 1.165) is 21.2 Å². The minimum atomic E-state index is -0.782. The highest BCUT2D eigenvalue weighted by Gasteiger charge is 2.23. The molecular weight excluding hydrogens is 346 g/mol. The van der Waals surface area contributed by atoms with Gasteiger partial charge in [-0.2, -0.15) is 0 Å². The Morgan fingerprint density at radius 3 is 2.42 bits per heavy atom. The molecule has 1 unspecified atom stereocenters. The lowest BCUT2D eigenvalue weighted by Gasteiger charge is -2.18. The van der Waals surface area contributed by atoms with E-state index in [4.69, 9.17) is 11.5 Å². The molecule has 0 saturated carbocycles. The first-order valence-electron chi connectivity index (χ1n) is 8.39. The van der Waals surface area contributed by atoms with Gasteiger partial charge in [0.25, 0.3) is 0 Å². The van der Waals surface area contributed by atoms with E-state index >= 15 is 0 Å². The van der Waals surface area contributed by atoms with Crippen LogP contribution in [-0.2, 0) is 22.4 Å². The molecule has 2 amide bonds. The molecule has 0 aliphatic carbocycles. The normalized spacial score (nSPS) is 13.3. The van der Waals surface area contributed by atoms with Crippen molar-refractivity contribution in [3.8, 4) is 0 Å². The number of amides is 2. The van der Waals surface area contributed by atoms with Crippen LogP contribution in [0.1, 0.15) is 11.1 Å². The minimum absolute atomic E-state index is 0.343. The van der Waals surface area contributed by atoms with Crippen LogP contribution < -0.4 is 16.8 Å². The van der Waals surface area contributed by atoms with E-state index < -0.39 is 18.0 Å². The summed E-state index contributed by atoms with van der Waals surface area (Å²) < 4.78 is 1.16. The number of rotatable bonds is 7. The van der Waals surface area contributed by atoms with Crippen LogP contribution in [-0.4, -0.2) is 23.9 Å². The number of hydrogen-bond acceptors (Lipinski definition) is 4. The highest BCUT2D eigenvalue weighted by atomic mass is 32.1. The number of carbonyl (C=O) groups excluding carboxylic acids is 2. The van der Waals surface area contributed by atoms with Crippen LogP contribution in [0.15, 0.2) is 60.0 Å². The van der Waals surface area contributed by atoms with E-state index in [0.29, 0.717) is 12.8 Å². The summed E-state index contributed by atoms with van der Waals surface area (Å²) >= 11 is 1.63. The zero-order valence-electron chi connectivity index (χ0n) is 14.2. The van der Waals surface area contributed by atoms with Gasteiger partial charge in [0, 0.05) is 11.1 Å². The monoisotopic (exact) mass is 367 g/mol. The molecule has 2 atom stereocenters. The summed E-state index contributed by atoms with van der Waals surface area (Å²) in [7, 11) is 0. The van der Waals surface area contributed by atoms with E-state index in [1.807, 2.05) is 60.0 Å². The second-order valence-electron chi connectivity index (χ2n) is 6.22. The summed E-state index contributed by atoms with van der Waals surface area (Å²) in [6.07, 6.45) is 0.753. The van der Waals surface area contributed by atoms with E-state index in [2.05, 4.69) is 5.32 Å². The molecular formula is C20H21N3O2S. The average molecular weight is 367 g/mol. The molecule has 0 bridgehead atoms. The van der Waals surface area contributed by atoms with Crippen molar-refractivity contribution in [2.24, 2.45) is 11.5 Å². The van der Waals surface area contributed by atoms with Gasteiger partial charge in [0.2, 0.25) is 11.8 Å². The van der Waals surface area contributed by atoms with Gasteiger partial charge >= 0.3 is 0 Å². The Kier molecular flexibility index (Phi) is 5.65. The number of benzene rings is 2. The molecule has 5 nitrogen and oxygen atoms in total. The van der Waals surface area contributed by atoms with Crippen molar-refractivity contribution >= 4 is 33.2 Å². The first kappa shape index (κ1) is 18.1. The Morgan fingerprint density at radius 1 is 1.00 bits per heavy atom. The second kappa shape index (κ2) is 8.12. The average Bonchev–Trinajstić information content (AvgIpc) is 3.05. The van der Waals surface area contributed by atoms with Crippen molar-refractivity contribution < 1.29 is 9.59 Å². The van der Waals surface area contributed by atoms with E-state index in [-0.39, 0.29) is 5.91 Å². The predicted octanol–water partition coefficient (Wildman–Crippen LogP) is 1.98. The highest BCUT2D eigenvalue weighted by Crippen LogP contribution is 2.26. The smallest absolute Gasteiger partial charge is 0.240 e. The summed E-state index contributed by atoms with van der Waals surface area (Å²) in [6, 6.07) is 15.9. The molecule has 5 N–H and O–H groups in total. The molecule has 0 saturated heterocycles. The van der Waals surface area contributed by atoms with Crippen LogP contribution >= 0.6 is 11.3 Å². The second-order valence-corrected chi connectivity index (χ2v) is 7.13. The fourth-order valence-corrected chi connectivity index (χ4v) is 3.85. The molecule has 1 heterocycles. The molecule has 26 heavy (non-hydrogen) atoms. The summed E-state index contributed by atoms with van der Waals surface area (Å²) in [5.74, 6) is -0.949. The fourth-order valence-electron chi connectivity index (χ4n) is 2.87. The minimum Gasteiger partial charge on any atom is -0.368 e. The van der Waals surface area contributed by atoms with Crippen molar-refractivity contribution in [1.29, 1.82) is 0 Å². The molecule has 134 valence electrons. The number of nitrogens with two attached hydrogens (primary N) is 2. The van der Waals surface area contributed by atoms with Crippen molar-refractivity contribution in [2.75, 3.05) is 0 Å². The van der Waals surface area contributed by atoms with E-state index in [1.54, 1.807) is 11.3 Å². The SMILES string of the molecule is NC(=O)[C@H](Cc1ccccc1)NC(=O)C(N)Cc1csc2ccccc12. The molecule has 6 heteroatoms. The lowest BCUT2D eigenvalue weighted by molar-refractivity contribution is -0.128. The van der Waals surface area contributed by atoms with Crippen molar-refractivity contribution in [1.82, 2.24) is 5.32 Å². The number of fused-ring (bicyclic) bond motifs is 1. The molecule has 3 aromatic rings. The Balaban J connectivity index is 1.66. The summed E-state index contributed by atoms with van der Waals surface area (Å²) in [5.41, 5.74) is 13.5. The topological polar surface area (TPSA) is 98.2 Å². The van der Waals surface area contributed by atoms with Crippen LogP contribution in [0.25, 0.3) is 10.1 Å². The van der Waals surface area contributed by atoms with E-state index in [9.17, 15) is 9.59 Å². The first-order chi connectivity index (χ1) is 12.5. The maximum absolute atomic E-state index is 12.5. The molecule has 0 aliphatic heterocycles. The van der Waals surface area contributed by atoms with Gasteiger partial charge in [-0.25, -0.2) is 0 Å². The molecule has 0 aliphatic rings. The zero-order chi connectivity index (χ0) is 18.5. The van der Waals surface area contributed by atoms with Gasteiger partial charge in [-0.15, -0.1) is 11.3 Å². The largest absolute Gasteiger partial charge is 0.368 e. The quantitative estimate of drug-likeness (QED) is 0.595. The summed E-state index contributed by atoms with van der Waals surface area (Å²) in [5, 5.41) is 5.82. The van der Waals surface area contributed by atoms with Crippen LogP contribution in [0.3, 0.4) is 0 Å². The predicted molar refractivity (Wildman–Crippen MR) is 105 cm³/mol. The third-order valence-electron chi connectivity index (χ3n) is 4.28. The van der Waals surface area contributed by atoms with Gasteiger partial charge in [-0.1, -0.05) is 48.5 Å². The lowest BCUT2D eigenvalue weighted by Crippen LogP contribution is -2.51. The Hall–Kier alpha value is -2.70. The van der Waals surface area contributed by atoms with Crippen LogP contribution in [0.4, 0.5) is 0 Å². The maximum atomic E-state index is 12.5. The summed E-state index contributed by atoms with van der Waals surface area (Å²) in [4.78, 5) is 24.2. The number of hydrogen-bond donors (Lipinski definition) is 3. The number of thiophene rings is 1. The third-order valence-corrected chi connectivity index (χ3v) is 5.29. The van der Waals surface area contributed by atoms with Gasteiger partial charge < -0.3 is 16.8 Å². The number of nitrogens with one attached hydrogen (secondary N) is 1. The first-order valence-corrected chi connectivity index (χ1v) is 9.27. The zero-order valence-corrected chi connectivity index (χ0v) is 15.0. The number of primary amides is 1. The van der Waals surface area contributed by atoms with Crippen LogP contribution in [0.2, 0.25) is 0 Å². The van der Waals surface area contributed by atoms with Crippen LogP contribution in [0.5, 0.6) is 0 Å². The van der Waals surface area contributed by atoms with Gasteiger partial charge in [-0.3, -0.25) is 9.59 Å². The van der Waals surface area contributed by atoms with Gasteiger partial charge in [0.15, 0.2) is 0 Å². The molecule has 0 spiro atoms. The van der Waals surface area contributed by atoms with Crippen molar-refractivity contribution in [3.63, 3.8) is 0 Å². The van der Waals surface area contributed by atoms with Gasteiger partial charge in [-0.05, 0) is 34.4 Å².